The van der Waals surface area contributed by atoms with E-state index in [2.05, 4.69) is 23.1 Å². The molecule has 1 aromatic carbocycles. The van der Waals surface area contributed by atoms with Gasteiger partial charge in [-0.25, -0.2) is 4.98 Å². The maximum absolute atomic E-state index is 12.7. The van der Waals surface area contributed by atoms with Gasteiger partial charge in [0.05, 0.1) is 11.3 Å². The number of carbonyl (C=O) groups is 2. The molecule has 0 bridgehead atoms. The second kappa shape index (κ2) is 9.22. The minimum absolute atomic E-state index is 0.378. The first-order chi connectivity index (χ1) is 16.2. The van der Waals surface area contributed by atoms with Crippen molar-refractivity contribution in [3.63, 3.8) is 0 Å². The molecule has 0 saturated carbocycles. The number of benzene rings is 1. The number of amides is 2. The van der Waals surface area contributed by atoms with Crippen LogP contribution in [0.25, 0.3) is 11.3 Å². The van der Waals surface area contributed by atoms with Gasteiger partial charge in [0, 0.05) is 44.8 Å². The molecule has 0 radical (unpaired) electrons. The lowest BCUT2D eigenvalue weighted by Gasteiger charge is -2.37. The summed E-state index contributed by atoms with van der Waals surface area (Å²) in [5.41, 5.74) is 5.07. The predicted molar refractivity (Wildman–Crippen MR) is 126 cm³/mol. The number of piperazine rings is 1. The number of carbonyl (C=O) groups excluding carboxylic acids is 2. The molecule has 0 unspecified atom stereocenters. The van der Waals surface area contributed by atoms with E-state index in [1.165, 1.54) is 5.56 Å². The monoisotopic (exact) mass is 443 g/mol. The molecular formula is C26H29N5O2. The van der Waals surface area contributed by atoms with E-state index >= 15 is 0 Å². The molecule has 3 aliphatic rings. The van der Waals surface area contributed by atoms with Crippen LogP contribution in [0, 0.1) is 11.3 Å². The molecule has 7 nitrogen and oxygen atoms in total. The van der Waals surface area contributed by atoms with Crippen LogP contribution in [0.2, 0.25) is 0 Å². The van der Waals surface area contributed by atoms with Crippen molar-refractivity contribution in [2.45, 2.75) is 38.5 Å². The van der Waals surface area contributed by atoms with Crippen LogP contribution in [0.1, 0.15) is 42.4 Å². The lowest BCUT2D eigenvalue weighted by molar-refractivity contribution is -0.151. The molecule has 0 spiro atoms. The summed E-state index contributed by atoms with van der Waals surface area (Å²) in [6, 6.07) is 12.6. The van der Waals surface area contributed by atoms with Gasteiger partial charge in [0.25, 0.3) is 0 Å². The number of pyridine rings is 1. The molecule has 1 aromatic heterocycles. The van der Waals surface area contributed by atoms with Gasteiger partial charge in [-0.05, 0) is 49.7 Å². The first-order valence-electron chi connectivity index (χ1n) is 12.0. The van der Waals surface area contributed by atoms with E-state index in [4.69, 9.17) is 4.98 Å². The summed E-state index contributed by atoms with van der Waals surface area (Å²) in [5, 5.41) is 10.1. The minimum atomic E-state index is -0.402. The summed E-state index contributed by atoms with van der Waals surface area (Å²) in [6.45, 7) is 3.40. The first-order valence-corrected chi connectivity index (χ1v) is 12.0. The van der Waals surface area contributed by atoms with Crippen molar-refractivity contribution in [3.05, 3.63) is 47.0 Å². The van der Waals surface area contributed by atoms with Crippen LogP contribution in [-0.4, -0.2) is 65.9 Å². The van der Waals surface area contributed by atoms with E-state index in [9.17, 15) is 14.9 Å². The topological polar surface area (TPSA) is 80.5 Å². The van der Waals surface area contributed by atoms with E-state index in [-0.39, 0.29) is 5.91 Å². The fraction of sp³-hybridized carbons (Fsp3) is 0.462. The second-order valence-corrected chi connectivity index (χ2v) is 9.08. The Kier molecular flexibility index (Phi) is 5.99. The van der Waals surface area contributed by atoms with Crippen molar-refractivity contribution in [3.8, 4) is 17.3 Å². The van der Waals surface area contributed by atoms with Gasteiger partial charge >= 0.3 is 11.8 Å². The van der Waals surface area contributed by atoms with Crippen molar-refractivity contribution < 1.29 is 9.59 Å². The lowest BCUT2D eigenvalue weighted by atomic mass is 9.86. The Bertz CT molecular complexity index is 1090. The molecule has 2 aromatic rings. The fourth-order valence-electron chi connectivity index (χ4n) is 5.30. The summed E-state index contributed by atoms with van der Waals surface area (Å²) < 4.78 is 0. The second-order valence-electron chi connectivity index (χ2n) is 9.08. The Morgan fingerprint density at radius 3 is 2.03 bits per heavy atom. The Balaban J connectivity index is 1.41. The summed E-state index contributed by atoms with van der Waals surface area (Å²) in [4.78, 5) is 35.7. The average Bonchev–Trinajstić information content (AvgIpc) is 3.42. The molecule has 0 atom stereocenters. The molecule has 2 fully saturated rings. The predicted octanol–water partition coefficient (Wildman–Crippen LogP) is 2.77. The molecule has 2 aliphatic heterocycles. The zero-order chi connectivity index (χ0) is 22.8. The lowest BCUT2D eigenvalue weighted by Crippen LogP contribution is -2.53. The number of hydrogen-bond donors (Lipinski definition) is 0. The number of likely N-dealkylation sites (tertiary alicyclic amines) is 1. The van der Waals surface area contributed by atoms with E-state index in [1.54, 1.807) is 9.80 Å². The summed E-state index contributed by atoms with van der Waals surface area (Å²) in [6.07, 6.45) is 5.98. The Morgan fingerprint density at radius 2 is 1.39 bits per heavy atom. The van der Waals surface area contributed by atoms with Crippen molar-refractivity contribution in [2.24, 2.45) is 0 Å². The zero-order valence-electron chi connectivity index (χ0n) is 18.9. The number of nitrogens with zero attached hydrogens (tertiary/aromatic N) is 5. The first kappa shape index (κ1) is 21.4. The van der Waals surface area contributed by atoms with Crippen LogP contribution in [0.15, 0.2) is 30.3 Å². The maximum atomic E-state index is 12.7. The number of nitriles is 1. The number of hydrogen-bond acceptors (Lipinski definition) is 5. The van der Waals surface area contributed by atoms with Crippen LogP contribution >= 0.6 is 0 Å². The zero-order valence-corrected chi connectivity index (χ0v) is 18.9. The summed E-state index contributed by atoms with van der Waals surface area (Å²) >= 11 is 0. The van der Waals surface area contributed by atoms with Crippen molar-refractivity contribution in [1.82, 2.24) is 14.8 Å². The Labute approximate surface area is 194 Å². The van der Waals surface area contributed by atoms with Crippen molar-refractivity contribution >= 4 is 17.6 Å². The SMILES string of the molecule is N#Cc1c(N2CCN(C(=O)C(=O)N3CCCC3)CC2)nc(-c2ccccc2)c2c1CCCC2. The molecule has 1 aliphatic carbocycles. The molecule has 170 valence electrons. The van der Waals surface area contributed by atoms with Crippen LogP contribution < -0.4 is 4.90 Å². The summed E-state index contributed by atoms with van der Waals surface area (Å²) in [7, 11) is 0. The van der Waals surface area contributed by atoms with E-state index < -0.39 is 5.91 Å². The minimum Gasteiger partial charge on any atom is -0.352 e. The van der Waals surface area contributed by atoms with Crippen LogP contribution in [-0.2, 0) is 22.4 Å². The third-order valence-corrected chi connectivity index (χ3v) is 7.10. The van der Waals surface area contributed by atoms with Crippen molar-refractivity contribution in [2.75, 3.05) is 44.2 Å². The number of fused-ring (bicyclic) bond motifs is 1. The highest BCUT2D eigenvalue weighted by Crippen LogP contribution is 2.36. The van der Waals surface area contributed by atoms with Crippen LogP contribution in [0.5, 0.6) is 0 Å². The Hall–Kier alpha value is -3.40. The molecule has 0 N–H and O–H groups in total. The number of rotatable bonds is 2. The standard InChI is InChI=1S/C26H29N5O2/c27-18-22-20-10-4-5-11-21(20)23(19-8-2-1-3-9-19)28-24(22)29-14-16-31(17-15-29)26(33)25(32)30-12-6-7-13-30/h1-3,8-9H,4-7,10-17H2. The maximum Gasteiger partial charge on any atom is 0.312 e. The third-order valence-electron chi connectivity index (χ3n) is 7.10. The molecule has 2 saturated heterocycles. The highest BCUT2D eigenvalue weighted by Gasteiger charge is 2.32. The smallest absolute Gasteiger partial charge is 0.312 e. The number of aromatic nitrogens is 1. The quantitative estimate of drug-likeness (QED) is 0.667. The van der Waals surface area contributed by atoms with E-state index in [0.29, 0.717) is 44.8 Å². The van der Waals surface area contributed by atoms with Crippen LogP contribution in [0.3, 0.4) is 0 Å². The molecular weight excluding hydrogens is 414 g/mol. The van der Waals surface area contributed by atoms with Gasteiger partial charge in [0.2, 0.25) is 0 Å². The van der Waals surface area contributed by atoms with Gasteiger partial charge in [-0.3, -0.25) is 9.59 Å². The van der Waals surface area contributed by atoms with E-state index in [1.807, 2.05) is 18.2 Å². The van der Waals surface area contributed by atoms with Gasteiger partial charge in [0.15, 0.2) is 0 Å². The fourth-order valence-corrected chi connectivity index (χ4v) is 5.30. The van der Waals surface area contributed by atoms with Gasteiger partial charge in [0.1, 0.15) is 11.9 Å². The van der Waals surface area contributed by atoms with E-state index in [0.717, 1.165) is 61.2 Å². The van der Waals surface area contributed by atoms with Gasteiger partial charge in [-0.2, -0.15) is 5.26 Å². The largest absolute Gasteiger partial charge is 0.352 e. The summed E-state index contributed by atoms with van der Waals surface area (Å²) in [5.74, 6) is -0.0627. The molecule has 3 heterocycles. The molecule has 33 heavy (non-hydrogen) atoms. The van der Waals surface area contributed by atoms with Crippen LogP contribution in [0.4, 0.5) is 5.82 Å². The normalized spacial score (nSPS) is 18.1. The van der Waals surface area contributed by atoms with Gasteiger partial charge in [-0.1, -0.05) is 30.3 Å². The molecule has 5 rings (SSSR count). The highest BCUT2D eigenvalue weighted by molar-refractivity contribution is 6.35. The van der Waals surface area contributed by atoms with Gasteiger partial charge < -0.3 is 14.7 Å². The average molecular weight is 444 g/mol. The van der Waals surface area contributed by atoms with Crippen molar-refractivity contribution in [1.29, 1.82) is 5.26 Å². The molecule has 2 amide bonds. The third kappa shape index (κ3) is 4.06. The molecule has 7 heteroatoms. The Morgan fingerprint density at radius 1 is 0.788 bits per heavy atom. The highest BCUT2D eigenvalue weighted by atomic mass is 16.2. The number of anilines is 1. The van der Waals surface area contributed by atoms with Gasteiger partial charge in [-0.15, -0.1) is 0 Å².